The van der Waals surface area contributed by atoms with Crippen molar-refractivity contribution >= 4 is 102 Å². The first-order valence-electron chi connectivity index (χ1n) is 8.82. The maximum atomic E-state index is 11.9. The minimum Gasteiger partial charge on any atom is -0.506 e. The molecule has 0 atom stereocenters. The van der Waals surface area contributed by atoms with Crippen LogP contribution in [0.25, 0.3) is 0 Å². The van der Waals surface area contributed by atoms with Gasteiger partial charge in [-0.2, -0.15) is 0 Å². The SMILES string of the molecule is O=C(CCc1cc(I)c(O)c(I)c1)OCCOC(=O)CCc1cc(I)c(O)c(I)c1. The van der Waals surface area contributed by atoms with Gasteiger partial charge in [-0.1, -0.05) is 0 Å². The highest BCUT2D eigenvalue weighted by Crippen LogP contribution is 2.28. The Labute approximate surface area is 229 Å². The van der Waals surface area contributed by atoms with Gasteiger partial charge in [-0.3, -0.25) is 9.59 Å². The summed E-state index contributed by atoms with van der Waals surface area (Å²) in [5, 5.41) is 19.6. The van der Waals surface area contributed by atoms with E-state index in [1.54, 1.807) is 0 Å². The van der Waals surface area contributed by atoms with E-state index in [4.69, 9.17) is 9.47 Å². The summed E-state index contributed by atoms with van der Waals surface area (Å²) in [4.78, 5) is 23.7. The van der Waals surface area contributed by atoms with Crippen molar-refractivity contribution in [3.05, 3.63) is 49.7 Å². The van der Waals surface area contributed by atoms with E-state index in [2.05, 4.69) is 0 Å². The van der Waals surface area contributed by atoms with E-state index < -0.39 is 0 Å². The molecule has 0 saturated heterocycles. The fourth-order valence-electron chi connectivity index (χ4n) is 2.47. The topological polar surface area (TPSA) is 93.1 Å². The second-order valence-electron chi connectivity index (χ2n) is 6.26. The number of carbonyl (C=O) groups excluding carboxylic acids is 2. The van der Waals surface area contributed by atoms with E-state index in [9.17, 15) is 19.8 Å². The molecule has 2 aromatic rings. The lowest BCUT2D eigenvalue weighted by Crippen LogP contribution is -2.14. The maximum Gasteiger partial charge on any atom is 0.306 e. The molecule has 0 saturated carbocycles. The van der Waals surface area contributed by atoms with Crippen LogP contribution in [0.1, 0.15) is 24.0 Å². The van der Waals surface area contributed by atoms with Gasteiger partial charge in [-0.25, -0.2) is 0 Å². The number of aryl methyl sites for hydroxylation is 2. The zero-order valence-corrected chi connectivity index (χ0v) is 24.2. The average molecular weight is 862 g/mol. The largest absolute Gasteiger partial charge is 0.506 e. The number of esters is 2. The molecular formula is C20H18I4O6. The van der Waals surface area contributed by atoms with Crippen LogP contribution in [0, 0.1) is 14.3 Å². The Bertz CT molecular complexity index is 810. The third kappa shape index (κ3) is 8.44. The lowest BCUT2D eigenvalue weighted by Gasteiger charge is -2.08. The predicted octanol–water partition coefficient (Wildman–Crippen LogP) is 5.17. The number of halogens is 4. The molecule has 0 aromatic heterocycles. The molecule has 2 aromatic carbocycles. The number of carbonyl (C=O) groups is 2. The minimum absolute atomic E-state index is 0.0181. The first-order chi connectivity index (χ1) is 14.2. The van der Waals surface area contributed by atoms with Crippen LogP contribution in [0.3, 0.4) is 0 Å². The molecule has 0 aliphatic carbocycles. The molecule has 0 radical (unpaired) electrons. The lowest BCUT2D eigenvalue weighted by atomic mass is 10.1. The van der Waals surface area contributed by atoms with Crippen LogP contribution < -0.4 is 0 Å². The first-order valence-corrected chi connectivity index (χ1v) is 13.1. The van der Waals surface area contributed by atoms with Gasteiger partial charge in [-0.05, 0) is 139 Å². The van der Waals surface area contributed by atoms with Gasteiger partial charge in [0, 0.05) is 12.8 Å². The van der Waals surface area contributed by atoms with Gasteiger partial charge in [0.25, 0.3) is 0 Å². The fourth-order valence-corrected chi connectivity index (χ4v) is 6.27. The molecule has 0 unspecified atom stereocenters. The van der Waals surface area contributed by atoms with Crippen LogP contribution in [-0.2, 0) is 31.9 Å². The van der Waals surface area contributed by atoms with E-state index in [1.807, 2.05) is 115 Å². The summed E-state index contributed by atoms with van der Waals surface area (Å²) in [6.45, 7) is 0.0362. The van der Waals surface area contributed by atoms with Gasteiger partial charge in [0.2, 0.25) is 0 Å². The molecule has 0 fully saturated rings. The van der Waals surface area contributed by atoms with Crippen LogP contribution in [0.5, 0.6) is 11.5 Å². The summed E-state index contributed by atoms with van der Waals surface area (Å²) < 4.78 is 13.2. The van der Waals surface area contributed by atoms with Gasteiger partial charge in [0.15, 0.2) is 0 Å². The summed E-state index contributed by atoms with van der Waals surface area (Å²) >= 11 is 8.20. The van der Waals surface area contributed by atoms with Crippen molar-refractivity contribution in [1.82, 2.24) is 0 Å². The van der Waals surface area contributed by atoms with Crippen molar-refractivity contribution in [3.8, 4) is 11.5 Å². The molecule has 0 spiro atoms. The number of ether oxygens (including phenoxy) is 2. The molecular weight excluding hydrogens is 844 g/mol. The molecule has 2 N–H and O–H groups in total. The van der Waals surface area contributed by atoms with Crippen LogP contribution in [0.2, 0.25) is 0 Å². The monoisotopic (exact) mass is 862 g/mol. The second-order valence-corrected chi connectivity index (χ2v) is 10.9. The van der Waals surface area contributed by atoms with Crippen LogP contribution in [0.4, 0.5) is 0 Å². The molecule has 162 valence electrons. The van der Waals surface area contributed by atoms with Gasteiger partial charge < -0.3 is 19.7 Å². The van der Waals surface area contributed by atoms with Crippen molar-refractivity contribution in [2.75, 3.05) is 13.2 Å². The quantitative estimate of drug-likeness (QED) is 0.206. The summed E-state index contributed by atoms with van der Waals surface area (Å²) in [7, 11) is 0. The first kappa shape index (κ1) is 26.2. The Kier molecular flexibility index (Phi) is 11.2. The van der Waals surface area contributed by atoms with Gasteiger partial charge >= 0.3 is 11.9 Å². The van der Waals surface area contributed by atoms with E-state index in [0.717, 1.165) is 25.4 Å². The Morgan fingerprint density at radius 1 is 0.667 bits per heavy atom. The fraction of sp³-hybridized carbons (Fsp3) is 0.300. The number of phenolic OH excluding ortho intramolecular Hbond substituents is 2. The van der Waals surface area contributed by atoms with Gasteiger partial charge in [0.1, 0.15) is 24.7 Å². The number of benzene rings is 2. The maximum absolute atomic E-state index is 11.9. The molecule has 10 heteroatoms. The molecule has 0 aliphatic heterocycles. The van der Waals surface area contributed by atoms with Crippen LogP contribution in [-0.4, -0.2) is 35.4 Å². The number of hydrogen-bond acceptors (Lipinski definition) is 6. The molecule has 0 heterocycles. The van der Waals surface area contributed by atoms with Crippen molar-refractivity contribution in [1.29, 1.82) is 0 Å². The van der Waals surface area contributed by atoms with Gasteiger partial charge in [-0.15, -0.1) is 0 Å². The highest BCUT2D eigenvalue weighted by Gasteiger charge is 2.11. The zero-order valence-electron chi connectivity index (χ0n) is 15.6. The molecule has 30 heavy (non-hydrogen) atoms. The van der Waals surface area contributed by atoms with E-state index >= 15 is 0 Å². The third-order valence-electron chi connectivity index (χ3n) is 4.00. The molecule has 2 rings (SSSR count). The summed E-state index contributed by atoms with van der Waals surface area (Å²) in [6, 6.07) is 7.35. The molecule has 0 aliphatic rings. The number of phenols is 2. The van der Waals surface area contributed by atoms with E-state index in [1.165, 1.54) is 0 Å². The summed E-state index contributed by atoms with van der Waals surface area (Å²) in [5.41, 5.74) is 1.90. The smallest absolute Gasteiger partial charge is 0.306 e. The Hall–Kier alpha value is -0.100. The Morgan fingerprint density at radius 3 is 1.27 bits per heavy atom. The zero-order chi connectivity index (χ0) is 22.3. The lowest BCUT2D eigenvalue weighted by molar-refractivity contribution is -0.152. The third-order valence-corrected chi connectivity index (χ3v) is 7.29. The second kappa shape index (κ2) is 12.8. The number of aromatic hydroxyl groups is 2. The Balaban J connectivity index is 1.64. The van der Waals surface area contributed by atoms with Crippen LogP contribution in [0.15, 0.2) is 24.3 Å². The predicted molar refractivity (Wildman–Crippen MR) is 146 cm³/mol. The molecule has 6 nitrogen and oxygen atoms in total. The van der Waals surface area contributed by atoms with Crippen molar-refractivity contribution in [2.45, 2.75) is 25.7 Å². The standard InChI is InChI=1S/C20H18I4O6/c21-13-7-11(8-14(22)19(13)27)1-3-17(25)29-5-6-30-18(26)4-2-12-9-15(23)20(28)16(24)10-12/h7-10,27-28H,1-6H2. The van der Waals surface area contributed by atoms with Crippen molar-refractivity contribution in [3.63, 3.8) is 0 Å². The number of hydrogen-bond donors (Lipinski definition) is 2. The highest BCUT2D eigenvalue weighted by molar-refractivity contribution is 14.1. The highest BCUT2D eigenvalue weighted by atomic mass is 127. The summed E-state index contributed by atoms with van der Waals surface area (Å²) in [6.07, 6.45) is 1.44. The van der Waals surface area contributed by atoms with E-state index in [-0.39, 0.29) is 49.5 Å². The molecule has 0 bridgehead atoms. The van der Waals surface area contributed by atoms with Crippen molar-refractivity contribution in [2.24, 2.45) is 0 Å². The minimum atomic E-state index is -0.364. The number of rotatable bonds is 9. The van der Waals surface area contributed by atoms with E-state index in [0.29, 0.717) is 12.8 Å². The summed E-state index contributed by atoms with van der Waals surface area (Å²) in [5.74, 6) is -0.229. The molecule has 0 amide bonds. The van der Waals surface area contributed by atoms with Crippen LogP contribution >= 0.6 is 90.4 Å². The average Bonchev–Trinajstić information content (AvgIpc) is 2.70. The normalized spacial score (nSPS) is 10.7. The van der Waals surface area contributed by atoms with Gasteiger partial charge in [0.05, 0.1) is 14.3 Å². The van der Waals surface area contributed by atoms with Crippen molar-refractivity contribution < 1.29 is 29.3 Å². The Morgan fingerprint density at radius 2 is 0.967 bits per heavy atom.